The van der Waals surface area contributed by atoms with Crippen molar-refractivity contribution in [1.29, 1.82) is 0 Å². The summed E-state index contributed by atoms with van der Waals surface area (Å²) in [5.41, 5.74) is 1.96. The zero-order chi connectivity index (χ0) is 18.8. The summed E-state index contributed by atoms with van der Waals surface area (Å²) in [5, 5.41) is 3.05. The molecular weight excluding hydrogens is 320 g/mol. The molecule has 0 aliphatic heterocycles. The highest BCUT2D eigenvalue weighted by Gasteiger charge is 2.22. The van der Waals surface area contributed by atoms with Gasteiger partial charge in [-0.05, 0) is 41.0 Å². The number of hydrogen-bond acceptors (Lipinski definition) is 4. The van der Waals surface area contributed by atoms with Gasteiger partial charge in [0.15, 0.2) is 5.65 Å². The molecule has 2 aromatic rings. The molecule has 0 aliphatic rings. The third kappa shape index (κ3) is 4.61. The van der Waals surface area contributed by atoms with Crippen LogP contribution in [0.5, 0.6) is 0 Å². The molecule has 0 radical (unpaired) electrons. The fraction of sp³-hybridized carbons (Fsp3) is 0.611. The third-order valence-corrected chi connectivity index (χ3v) is 3.93. The number of amides is 1. The van der Waals surface area contributed by atoms with Crippen molar-refractivity contribution < 1.29 is 9.53 Å². The number of unbranched alkanes of at least 4 members (excludes halogenated alkanes) is 1. The average molecular weight is 348 g/mol. The van der Waals surface area contributed by atoms with Crippen molar-refractivity contribution in [2.24, 2.45) is 0 Å². The van der Waals surface area contributed by atoms with Gasteiger partial charge >= 0.3 is 6.09 Å². The van der Waals surface area contributed by atoms with Crippen LogP contribution in [0.15, 0.2) is 10.9 Å². The number of carbonyl (C=O) groups excluding carboxylic acids is 1. The number of ether oxygens (including phenoxy) is 1. The maximum Gasteiger partial charge on any atom is 0.410 e. The second-order valence-electron chi connectivity index (χ2n) is 7.36. The molecule has 0 atom stereocenters. The molecule has 2 rings (SSSR count). The first kappa shape index (κ1) is 19.0. The molecule has 0 saturated carbocycles. The zero-order valence-corrected chi connectivity index (χ0v) is 16.0. The van der Waals surface area contributed by atoms with E-state index >= 15 is 0 Å². The number of aromatic amines is 1. The topological polar surface area (TPSA) is 79.7 Å². The van der Waals surface area contributed by atoms with Crippen molar-refractivity contribution in [2.45, 2.75) is 66.5 Å². The number of aromatic nitrogens is 3. The highest BCUT2D eigenvalue weighted by molar-refractivity contribution is 5.68. The minimum atomic E-state index is -0.547. The number of H-pyrrole nitrogens is 1. The van der Waals surface area contributed by atoms with Crippen LogP contribution >= 0.6 is 0 Å². The summed E-state index contributed by atoms with van der Waals surface area (Å²) in [5.74, 6) is 0. The van der Waals surface area contributed by atoms with E-state index in [1.165, 1.54) is 4.52 Å². The first-order valence-corrected chi connectivity index (χ1v) is 8.68. The molecule has 7 heteroatoms. The van der Waals surface area contributed by atoms with Crippen molar-refractivity contribution in [1.82, 2.24) is 19.5 Å². The van der Waals surface area contributed by atoms with Gasteiger partial charge in [0.05, 0.1) is 12.2 Å². The Morgan fingerprint density at radius 3 is 2.64 bits per heavy atom. The van der Waals surface area contributed by atoms with E-state index in [4.69, 9.17) is 4.74 Å². The smallest absolute Gasteiger partial charge is 0.410 e. The number of nitrogens with one attached hydrogen (secondary N) is 1. The molecule has 138 valence electrons. The van der Waals surface area contributed by atoms with Crippen LogP contribution < -0.4 is 5.56 Å². The number of nitrogens with zero attached hydrogens (tertiary/aromatic N) is 3. The van der Waals surface area contributed by atoms with Gasteiger partial charge in [0.1, 0.15) is 5.60 Å². The predicted molar refractivity (Wildman–Crippen MR) is 96.8 cm³/mol. The Bertz CT molecular complexity index is 814. The minimum absolute atomic E-state index is 0.119. The standard InChI is InChI=1S/C18H28N4O3/c1-7-8-9-21(17(24)25-18(4,5)6)11-14-10-15-19-13(3)12(2)16(23)22(15)20-14/h10,20H,7-9,11H2,1-6H3. The lowest BCUT2D eigenvalue weighted by molar-refractivity contribution is 0.0228. The Morgan fingerprint density at radius 2 is 2.04 bits per heavy atom. The van der Waals surface area contributed by atoms with Gasteiger partial charge < -0.3 is 9.64 Å². The second kappa shape index (κ2) is 7.29. The van der Waals surface area contributed by atoms with Crippen molar-refractivity contribution >= 4 is 11.7 Å². The van der Waals surface area contributed by atoms with Gasteiger partial charge in [-0.15, -0.1) is 0 Å². The minimum Gasteiger partial charge on any atom is -0.444 e. The Labute approximate surface area is 148 Å². The van der Waals surface area contributed by atoms with Gasteiger partial charge in [-0.2, -0.15) is 0 Å². The number of rotatable bonds is 5. The number of carbonyl (C=O) groups is 1. The molecular formula is C18H28N4O3. The summed E-state index contributed by atoms with van der Waals surface area (Å²) >= 11 is 0. The van der Waals surface area contributed by atoms with Crippen LogP contribution in [-0.4, -0.2) is 37.7 Å². The lowest BCUT2D eigenvalue weighted by atomic mass is 10.2. The fourth-order valence-corrected chi connectivity index (χ4v) is 2.47. The molecule has 0 aliphatic carbocycles. The molecule has 0 fully saturated rings. The van der Waals surface area contributed by atoms with Crippen molar-refractivity contribution in [2.75, 3.05) is 6.54 Å². The largest absolute Gasteiger partial charge is 0.444 e. The Kier molecular flexibility index (Phi) is 5.55. The van der Waals surface area contributed by atoms with Crippen molar-refractivity contribution in [3.05, 3.63) is 33.4 Å². The molecule has 7 nitrogen and oxygen atoms in total. The number of aryl methyl sites for hydroxylation is 1. The Hall–Kier alpha value is -2.31. The molecule has 1 amide bonds. The lowest BCUT2D eigenvalue weighted by Gasteiger charge is -2.27. The summed E-state index contributed by atoms with van der Waals surface area (Å²) < 4.78 is 6.92. The number of fused-ring (bicyclic) bond motifs is 1. The normalized spacial score (nSPS) is 11.8. The van der Waals surface area contributed by atoms with E-state index in [-0.39, 0.29) is 11.7 Å². The molecule has 0 bridgehead atoms. The van der Waals surface area contributed by atoms with Crippen LogP contribution in [-0.2, 0) is 11.3 Å². The van der Waals surface area contributed by atoms with E-state index in [1.807, 2.05) is 27.7 Å². The first-order chi connectivity index (χ1) is 11.6. The molecule has 0 aromatic carbocycles. The van der Waals surface area contributed by atoms with Gasteiger partial charge in [-0.3, -0.25) is 9.89 Å². The van der Waals surface area contributed by atoms with E-state index in [1.54, 1.807) is 17.9 Å². The van der Waals surface area contributed by atoms with Crippen LogP contribution in [0.3, 0.4) is 0 Å². The maximum absolute atomic E-state index is 12.5. The second-order valence-corrected chi connectivity index (χ2v) is 7.36. The molecule has 25 heavy (non-hydrogen) atoms. The van der Waals surface area contributed by atoms with E-state index in [0.717, 1.165) is 18.5 Å². The summed E-state index contributed by atoms with van der Waals surface area (Å²) in [6.07, 6.45) is 1.51. The summed E-state index contributed by atoms with van der Waals surface area (Å²) in [7, 11) is 0. The SMILES string of the molecule is CCCCN(Cc1cc2nc(C)c(C)c(=O)n2[nH]1)C(=O)OC(C)(C)C. The van der Waals surface area contributed by atoms with Gasteiger partial charge in [0, 0.05) is 23.9 Å². The van der Waals surface area contributed by atoms with Crippen LogP contribution in [0.2, 0.25) is 0 Å². The number of hydrogen-bond donors (Lipinski definition) is 1. The molecule has 0 unspecified atom stereocenters. The first-order valence-electron chi connectivity index (χ1n) is 8.68. The summed E-state index contributed by atoms with van der Waals surface area (Å²) in [4.78, 5) is 30.9. The molecule has 0 saturated heterocycles. The third-order valence-electron chi connectivity index (χ3n) is 3.93. The van der Waals surface area contributed by atoms with E-state index in [0.29, 0.717) is 30.0 Å². The van der Waals surface area contributed by atoms with Crippen LogP contribution in [0.4, 0.5) is 4.79 Å². The zero-order valence-electron chi connectivity index (χ0n) is 16.0. The van der Waals surface area contributed by atoms with E-state index < -0.39 is 5.60 Å². The maximum atomic E-state index is 12.5. The quantitative estimate of drug-likeness (QED) is 0.900. The van der Waals surface area contributed by atoms with Crippen LogP contribution in [0.25, 0.3) is 5.65 Å². The Morgan fingerprint density at radius 1 is 1.36 bits per heavy atom. The molecule has 1 N–H and O–H groups in total. The van der Waals surface area contributed by atoms with Crippen molar-refractivity contribution in [3.63, 3.8) is 0 Å². The summed E-state index contributed by atoms with van der Waals surface area (Å²) in [6, 6.07) is 1.80. The van der Waals surface area contributed by atoms with Crippen LogP contribution in [0.1, 0.15) is 57.5 Å². The lowest BCUT2D eigenvalue weighted by Crippen LogP contribution is -2.37. The molecule has 2 aromatic heterocycles. The van der Waals surface area contributed by atoms with Gasteiger partial charge in [-0.1, -0.05) is 13.3 Å². The molecule has 0 spiro atoms. The molecule has 2 heterocycles. The fourth-order valence-electron chi connectivity index (χ4n) is 2.47. The predicted octanol–water partition coefficient (Wildman–Crippen LogP) is 3.18. The highest BCUT2D eigenvalue weighted by Crippen LogP contribution is 2.14. The van der Waals surface area contributed by atoms with Gasteiger partial charge in [0.25, 0.3) is 5.56 Å². The van der Waals surface area contributed by atoms with Crippen molar-refractivity contribution in [3.8, 4) is 0 Å². The average Bonchev–Trinajstić information content (AvgIpc) is 2.90. The van der Waals surface area contributed by atoms with Gasteiger partial charge in [-0.25, -0.2) is 14.3 Å². The van der Waals surface area contributed by atoms with Gasteiger partial charge in [0.2, 0.25) is 0 Å². The van der Waals surface area contributed by atoms with Crippen LogP contribution in [0, 0.1) is 13.8 Å². The van der Waals surface area contributed by atoms with E-state index in [2.05, 4.69) is 17.0 Å². The monoisotopic (exact) mass is 348 g/mol. The summed E-state index contributed by atoms with van der Waals surface area (Å²) in [6.45, 7) is 12.1. The highest BCUT2D eigenvalue weighted by atomic mass is 16.6. The Balaban J connectivity index is 2.29. The van der Waals surface area contributed by atoms with E-state index in [9.17, 15) is 9.59 Å².